The molecule has 0 fully saturated rings. The Bertz CT molecular complexity index is 318. The monoisotopic (exact) mass is 251 g/mol. The topological polar surface area (TPSA) is 29.5 Å². The lowest BCUT2D eigenvalue weighted by molar-refractivity contribution is -0.143. The van der Waals surface area contributed by atoms with Gasteiger partial charge in [0.1, 0.15) is 6.54 Å². The quantitative estimate of drug-likeness (QED) is 0.465. The Morgan fingerprint density at radius 2 is 1.89 bits per heavy atom. The molecule has 0 N–H and O–H groups in total. The van der Waals surface area contributed by atoms with Gasteiger partial charge in [-0.15, -0.1) is 0 Å². The van der Waals surface area contributed by atoms with Crippen LogP contribution in [0.3, 0.4) is 0 Å². The molecule has 18 heavy (non-hydrogen) atoms. The van der Waals surface area contributed by atoms with Gasteiger partial charge in [-0.25, -0.2) is 0 Å². The van der Waals surface area contributed by atoms with Gasteiger partial charge in [-0.3, -0.25) is 4.79 Å². The van der Waals surface area contributed by atoms with E-state index < -0.39 is 0 Å². The maximum absolute atomic E-state index is 11.5. The summed E-state index contributed by atoms with van der Waals surface area (Å²) in [4.78, 5) is 13.4. The third-order valence-corrected chi connectivity index (χ3v) is 2.49. The second-order valence-electron chi connectivity index (χ2n) is 4.06. The molecule has 0 aliphatic carbocycles. The minimum atomic E-state index is -0.213. The number of carbonyl (C=O) groups is 1. The van der Waals surface area contributed by atoms with Crippen molar-refractivity contribution in [3.63, 3.8) is 0 Å². The molecule has 0 radical (unpaired) electrons. The van der Waals surface area contributed by atoms with Gasteiger partial charge in [-0.05, 0) is 25.8 Å². The summed E-state index contributed by atoms with van der Waals surface area (Å²) in [6.45, 7) is 15.3. The Labute approximate surface area is 111 Å². The predicted molar refractivity (Wildman–Crippen MR) is 76.2 cm³/mol. The van der Waals surface area contributed by atoms with Crippen LogP contribution in [0.4, 0.5) is 0 Å². The van der Waals surface area contributed by atoms with Gasteiger partial charge in [-0.2, -0.15) is 0 Å². The lowest BCUT2D eigenvalue weighted by atomic mass is 10.2. The largest absolute Gasteiger partial charge is 0.465 e. The van der Waals surface area contributed by atoms with Crippen LogP contribution in [-0.4, -0.2) is 30.6 Å². The van der Waals surface area contributed by atoms with E-state index in [-0.39, 0.29) is 12.5 Å². The summed E-state index contributed by atoms with van der Waals surface area (Å²) in [5, 5.41) is 0. The van der Waals surface area contributed by atoms with Gasteiger partial charge in [0, 0.05) is 12.2 Å². The molecule has 0 aromatic rings. The number of ether oxygens (including phenoxy) is 1. The highest BCUT2D eigenvalue weighted by atomic mass is 16.5. The first kappa shape index (κ1) is 16.5. The zero-order chi connectivity index (χ0) is 14.0. The molecule has 102 valence electrons. The molecule has 0 spiro atoms. The van der Waals surface area contributed by atoms with Gasteiger partial charge in [0.2, 0.25) is 0 Å². The second-order valence-corrected chi connectivity index (χ2v) is 4.06. The number of nitrogens with zero attached hydrogens (tertiary/aromatic N) is 1. The van der Waals surface area contributed by atoms with Crippen LogP contribution in [0.15, 0.2) is 36.6 Å². The molecule has 0 rings (SSSR count). The van der Waals surface area contributed by atoms with Crippen molar-refractivity contribution in [1.82, 2.24) is 4.90 Å². The van der Waals surface area contributed by atoms with E-state index in [0.717, 1.165) is 30.7 Å². The molecule has 0 aromatic carbocycles. The van der Waals surface area contributed by atoms with Crippen molar-refractivity contribution < 1.29 is 9.53 Å². The zero-order valence-corrected chi connectivity index (χ0v) is 11.9. The Hall–Kier alpha value is -1.51. The Morgan fingerprint density at radius 3 is 2.39 bits per heavy atom. The molecule has 0 heterocycles. The van der Waals surface area contributed by atoms with Crippen LogP contribution in [0.25, 0.3) is 0 Å². The van der Waals surface area contributed by atoms with Crippen molar-refractivity contribution in [2.75, 3.05) is 19.7 Å². The molecule has 0 aromatic heterocycles. The van der Waals surface area contributed by atoms with Crippen molar-refractivity contribution in [1.29, 1.82) is 0 Å². The van der Waals surface area contributed by atoms with E-state index in [4.69, 9.17) is 4.74 Å². The van der Waals surface area contributed by atoms with E-state index in [2.05, 4.69) is 27.0 Å². The van der Waals surface area contributed by atoms with E-state index in [0.29, 0.717) is 6.61 Å². The fourth-order valence-electron chi connectivity index (χ4n) is 1.39. The molecular weight excluding hydrogens is 226 g/mol. The predicted octanol–water partition coefficient (Wildman–Crippen LogP) is 3.30. The number of hydrogen-bond acceptors (Lipinski definition) is 3. The van der Waals surface area contributed by atoms with Gasteiger partial charge in [0.15, 0.2) is 0 Å². The Morgan fingerprint density at radius 1 is 1.22 bits per heavy atom. The standard InChI is InChI=1S/C15H25NO2/c1-6-11-16(12-15(17)18-8-3)14(5)10-9-13(4)7-2/h9-10H,4-8,11-12H2,1-3H3/b10-9-. The fraction of sp³-hybridized carbons (Fsp3) is 0.533. The molecule has 3 heteroatoms. The number of carbonyl (C=O) groups excluding carboxylic acids is 1. The summed E-state index contributed by atoms with van der Waals surface area (Å²) in [7, 11) is 0. The van der Waals surface area contributed by atoms with Crippen molar-refractivity contribution in [3.05, 3.63) is 36.6 Å². The number of rotatable bonds is 9. The highest BCUT2D eigenvalue weighted by Gasteiger charge is 2.10. The summed E-state index contributed by atoms with van der Waals surface area (Å²) >= 11 is 0. The maximum atomic E-state index is 11.5. The van der Waals surface area contributed by atoms with Gasteiger partial charge in [-0.1, -0.05) is 38.7 Å². The first-order valence-corrected chi connectivity index (χ1v) is 6.50. The zero-order valence-electron chi connectivity index (χ0n) is 11.9. The van der Waals surface area contributed by atoms with E-state index in [1.54, 1.807) is 0 Å². The van der Waals surface area contributed by atoms with Crippen LogP contribution in [-0.2, 0) is 9.53 Å². The smallest absolute Gasteiger partial charge is 0.325 e. The van der Waals surface area contributed by atoms with Crippen LogP contribution in [0.1, 0.15) is 33.6 Å². The average Bonchev–Trinajstić information content (AvgIpc) is 2.35. The minimum absolute atomic E-state index is 0.213. The van der Waals surface area contributed by atoms with E-state index in [9.17, 15) is 4.79 Å². The third-order valence-electron chi connectivity index (χ3n) is 2.49. The first-order chi connectivity index (χ1) is 8.54. The Kier molecular flexibility index (Phi) is 8.71. The number of esters is 1. The third kappa shape index (κ3) is 6.94. The van der Waals surface area contributed by atoms with Crippen molar-refractivity contribution in [3.8, 4) is 0 Å². The first-order valence-electron chi connectivity index (χ1n) is 6.50. The van der Waals surface area contributed by atoms with Crippen molar-refractivity contribution in [2.24, 2.45) is 0 Å². The van der Waals surface area contributed by atoms with E-state index in [1.165, 1.54) is 0 Å². The van der Waals surface area contributed by atoms with Crippen LogP contribution in [0.5, 0.6) is 0 Å². The normalized spacial score (nSPS) is 10.4. The van der Waals surface area contributed by atoms with Crippen molar-refractivity contribution >= 4 is 5.97 Å². The molecule has 0 unspecified atom stereocenters. The van der Waals surface area contributed by atoms with Gasteiger partial charge in [0.05, 0.1) is 6.61 Å². The van der Waals surface area contributed by atoms with E-state index >= 15 is 0 Å². The molecule has 0 saturated heterocycles. The van der Waals surface area contributed by atoms with Crippen LogP contribution < -0.4 is 0 Å². The molecule has 0 atom stereocenters. The van der Waals surface area contributed by atoms with E-state index in [1.807, 2.05) is 24.0 Å². The summed E-state index contributed by atoms with van der Waals surface area (Å²) in [6, 6.07) is 0. The summed E-state index contributed by atoms with van der Waals surface area (Å²) in [5.41, 5.74) is 1.86. The minimum Gasteiger partial charge on any atom is -0.465 e. The average molecular weight is 251 g/mol. The Balaban J connectivity index is 4.48. The summed E-state index contributed by atoms with van der Waals surface area (Å²) < 4.78 is 4.95. The highest BCUT2D eigenvalue weighted by molar-refractivity contribution is 5.72. The number of allylic oxidation sites excluding steroid dienone is 3. The molecule has 0 amide bonds. The lowest BCUT2D eigenvalue weighted by Gasteiger charge is -2.23. The van der Waals surface area contributed by atoms with Crippen LogP contribution >= 0.6 is 0 Å². The molecule has 0 aliphatic rings. The molecule has 0 aliphatic heterocycles. The molecular formula is C15H25NO2. The SMILES string of the molecule is C=C(/C=C\C(=C)N(CCC)CC(=O)OCC)CC. The van der Waals surface area contributed by atoms with Crippen LogP contribution in [0.2, 0.25) is 0 Å². The maximum Gasteiger partial charge on any atom is 0.325 e. The van der Waals surface area contributed by atoms with Gasteiger partial charge >= 0.3 is 5.97 Å². The lowest BCUT2D eigenvalue weighted by Crippen LogP contribution is -2.30. The summed E-state index contributed by atoms with van der Waals surface area (Å²) in [6.07, 6.45) is 5.72. The second kappa shape index (κ2) is 9.51. The highest BCUT2D eigenvalue weighted by Crippen LogP contribution is 2.08. The number of hydrogen-bond donors (Lipinski definition) is 0. The van der Waals surface area contributed by atoms with Gasteiger partial charge < -0.3 is 9.64 Å². The molecule has 0 bridgehead atoms. The fourth-order valence-corrected chi connectivity index (χ4v) is 1.39. The summed E-state index contributed by atoms with van der Waals surface area (Å²) in [5.74, 6) is -0.213. The van der Waals surface area contributed by atoms with Crippen molar-refractivity contribution in [2.45, 2.75) is 33.6 Å². The van der Waals surface area contributed by atoms with Gasteiger partial charge in [0.25, 0.3) is 0 Å². The molecule has 0 saturated carbocycles. The van der Waals surface area contributed by atoms with Crippen LogP contribution in [0, 0.1) is 0 Å². The molecule has 3 nitrogen and oxygen atoms in total.